The molecule has 0 fully saturated rings. The van der Waals surface area contributed by atoms with Crippen LogP contribution in [0.25, 0.3) is 0 Å². The molecule has 3 nitrogen and oxygen atoms in total. The third kappa shape index (κ3) is 4.57. The van der Waals surface area contributed by atoms with E-state index in [1.165, 1.54) is 0 Å². The molecule has 5 heteroatoms. The molecular weight excluding hydrogens is 318 g/mol. The van der Waals surface area contributed by atoms with Gasteiger partial charge in [0.05, 0.1) is 5.75 Å². The number of aryl methyl sites for hydroxylation is 2. The van der Waals surface area contributed by atoms with Crippen LogP contribution < -0.4 is 4.72 Å². The van der Waals surface area contributed by atoms with Crippen molar-refractivity contribution >= 4 is 21.6 Å². The van der Waals surface area contributed by atoms with Crippen molar-refractivity contribution in [3.05, 3.63) is 69.7 Å². The summed E-state index contributed by atoms with van der Waals surface area (Å²) in [5.74, 6) is -0.0562. The second-order valence-electron chi connectivity index (χ2n) is 5.59. The van der Waals surface area contributed by atoms with Crippen molar-refractivity contribution in [2.75, 3.05) is 0 Å². The Morgan fingerprint density at radius 2 is 1.73 bits per heavy atom. The largest absolute Gasteiger partial charge is 0.216 e. The first-order valence-corrected chi connectivity index (χ1v) is 9.11. The molecule has 1 atom stereocenters. The van der Waals surface area contributed by atoms with Gasteiger partial charge in [-0.05, 0) is 49.6 Å². The number of benzene rings is 2. The van der Waals surface area contributed by atoms with Gasteiger partial charge in [0.2, 0.25) is 10.0 Å². The highest BCUT2D eigenvalue weighted by molar-refractivity contribution is 7.88. The van der Waals surface area contributed by atoms with Crippen LogP contribution in [0.4, 0.5) is 0 Å². The number of rotatable bonds is 5. The van der Waals surface area contributed by atoms with Crippen LogP contribution >= 0.6 is 11.6 Å². The van der Waals surface area contributed by atoms with E-state index in [1.54, 1.807) is 24.3 Å². The molecule has 0 radical (unpaired) electrons. The Balaban J connectivity index is 2.14. The van der Waals surface area contributed by atoms with Gasteiger partial charge in [0.15, 0.2) is 0 Å². The van der Waals surface area contributed by atoms with Gasteiger partial charge in [0, 0.05) is 11.1 Å². The van der Waals surface area contributed by atoms with Crippen LogP contribution in [0.1, 0.15) is 35.2 Å². The Hall–Kier alpha value is -1.36. The fourth-order valence-corrected chi connectivity index (χ4v) is 3.91. The molecule has 0 unspecified atom stereocenters. The van der Waals surface area contributed by atoms with E-state index >= 15 is 0 Å². The van der Waals surface area contributed by atoms with Gasteiger partial charge in [-0.1, -0.05) is 47.5 Å². The standard InChI is InChI=1S/C17H20ClNO2S/c1-12-4-5-13(2)17(10-12)14(3)19-22(20,21)11-15-6-8-16(18)9-7-15/h4-10,14,19H,11H2,1-3H3/t14-/m0/s1. The van der Waals surface area contributed by atoms with Gasteiger partial charge in [-0.15, -0.1) is 0 Å². The lowest BCUT2D eigenvalue weighted by atomic mass is 10.0. The molecule has 0 aliphatic carbocycles. The predicted molar refractivity (Wildman–Crippen MR) is 91.5 cm³/mol. The highest BCUT2D eigenvalue weighted by Crippen LogP contribution is 2.20. The fourth-order valence-electron chi connectivity index (χ4n) is 2.40. The third-order valence-electron chi connectivity index (χ3n) is 3.53. The van der Waals surface area contributed by atoms with Gasteiger partial charge in [-0.3, -0.25) is 0 Å². The summed E-state index contributed by atoms with van der Waals surface area (Å²) in [5.41, 5.74) is 3.90. The minimum Gasteiger partial charge on any atom is -0.212 e. The molecule has 0 aromatic heterocycles. The SMILES string of the molecule is Cc1ccc(C)c([C@H](C)NS(=O)(=O)Cc2ccc(Cl)cc2)c1. The molecule has 1 N–H and O–H groups in total. The quantitative estimate of drug-likeness (QED) is 0.891. The molecule has 2 aromatic carbocycles. The molecule has 0 saturated carbocycles. The zero-order valence-corrected chi connectivity index (χ0v) is 14.5. The molecule has 2 rings (SSSR count). The summed E-state index contributed by atoms with van der Waals surface area (Å²) >= 11 is 5.81. The normalized spacial score (nSPS) is 13.1. The van der Waals surface area contributed by atoms with Crippen LogP contribution in [-0.2, 0) is 15.8 Å². The van der Waals surface area contributed by atoms with E-state index in [1.807, 2.05) is 39.0 Å². The molecular formula is C17H20ClNO2S. The molecule has 0 saturated heterocycles. The molecule has 118 valence electrons. The maximum absolute atomic E-state index is 12.3. The van der Waals surface area contributed by atoms with Crippen molar-refractivity contribution in [1.29, 1.82) is 0 Å². The second kappa shape index (κ2) is 6.82. The van der Waals surface area contributed by atoms with Crippen molar-refractivity contribution in [1.82, 2.24) is 4.72 Å². The number of hydrogen-bond acceptors (Lipinski definition) is 2. The third-order valence-corrected chi connectivity index (χ3v) is 5.21. The van der Waals surface area contributed by atoms with Crippen molar-refractivity contribution in [2.24, 2.45) is 0 Å². The van der Waals surface area contributed by atoms with Crippen LogP contribution in [0.2, 0.25) is 5.02 Å². The van der Waals surface area contributed by atoms with E-state index in [0.717, 1.165) is 16.7 Å². The smallest absolute Gasteiger partial charge is 0.212 e. The molecule has 0 spiro atoms. The van der Waals surface area contributed by atoms with Gasteiger partial charge >= 0.3 is 0 Å². The second-order valence-corrected chi connectivity index (χ2v) is 7.78. The molecule has 0 aliphatic rings. The van der Waals surface area contributed by atoms with E-state index < -0.39 is 10.0 Å². The summed E-state index contributed by atoms with van der Waals surface area (Å²) in [7, 11) is -3.42. The highest BCUT2D eigenvalue weighted by Gasteiger charge is 2.18. The van der Waals surface area contributed by atoms with Crippen molar-refractivity contribution < 1.29 is 8.42 Å². The zero-order chi connectivity index (χ0) is 16.3. The first kappa shape index (κ1) is 17.0. The van der Waals surface area contributed by atoms with Gasteiger partial charge in [0.1, 0.15) is 0 Å². The maximum Gasteiger partial charge on any atom is 0.216 e. The Morgan fingerprint density at radius 1 is 1.09 bits per heavy atom. The monoisotopic (exact) mass is 337 g/mol. The van der Waals surface area contributed by atoms with E-state index in [4.69, 9.17) is 11.6 Å². The lowest BCUT2D eigenvalue weighted by Gasteiger charge is -2.17. The first-order valence-electron chi connectivity index (χ1n) is 7.08. The van der Waals surface area contributed by atoms with Gasteiger partial charge < -0.3 is 0 Å². The van der Waals surface area contributed by atoms with Crippen LogP contribution in [-0.4, -0.2) is 8.42 Å². The fraction of sp³-hybridized carbons (Fsp3) is 0.294. The lowest BCUT2D eigenvalue weighted by molar-refractivity contribution is 0.565. The minimum absolute atomic E-state index is 0.0562. The summed E-state index contributed by atoms with van der Waals surface area (Å²) < 4.78 is 27.4. The number of hydrogen-bond donors (Lipinski definition) is 1. The molecule has 0 bridgehead atoms. The minimum atomic E-state index is -3.42. The van der Waals surface area contributed by atoms with Crippen molar-refractivity contribution in [3.63, 3.8) is 0 Å². The van der Waals surface area contributed by atoms with Gasteiger partial charge in [0.25, 0.3) is 0 Å². The summed E-state index contributed by atoms with van der Waals surface area (Å²) in [6, 6.07) is 12.6. The Kier molecular flexibility index (Phi) is 5.27. The Morgan fingerprint density at radius 3 is 2.36 bits per heavy atom. The van der Waals surface area contributed by atoms with Crippen LogP contribution in [0.3, 0.4) is 0 Å². The number of sulfonamides is 1. The van der Waals surface area contributed by atoms with Crippen molar-refractivity contribution in [2.45, 2.75) is 32.6 Å². The van der Waals surface area contributed by atoms with E-state index in [-0.39, 0.29) is 11.8 Å². The number of halogens is 1. The Bertz CT molecular complexity index is 755. The average molecular weight is 338 g/mol. The molecule has 0 amide bonds. The lowest BCUT2D eigenvalue weighted by Crippen LogP contribution is -2.28. The molecule has 0 heterocycles. The van der Waals surface area contributed by atoms with Crippen molar-refractivity contribution in [3.8, 4) is 0 Å². The summed E-state index contributed by atoms with van der Waals surface area (Å²) in [6.45, 7) is 5.85. The maximum atomic E-state index is 12.3. The molecule has 22 heavy (non-hydrogen) atoms. The number of nitrogens with one attached hydrogen (secondary N) is 1. The van der Waals surface area contributed by atoms with E-state index in [2.05, 4.69) is 4.72 Å². The van der Waals surface area contributed by atoms with E-state index in [0.29, 0.717) is 10.6 Å². The summed E-state index contributed by atoms with van der Waals surface area (Å²) in [6.07, 6.45) is 0. The Labute approximate surface area is 137 Å². The van der Waals surface area contributed by atoms with E-state index in [9.17, 15) is 8.42 Å². The summed E-state index contributed by atoms with van der Waals surface area (Å²) in [5, 5.41) is 0.595. The van der Waals surface area contributed by atoms with Crippen LogP contribution in [0, 0.1) is 13.8 Å². The van der Waals surface area contributed by atoms with Gasteiger partial charge in [-0.2, -0.15) is 0 Å². The zero-order valence-electron chi connectivity index (χ0n) is 12.9. The topological polar surface area (TPSA) is 46.2 Å². The van der Waals surface area contributed by atoms with Crippen LogP contribution in [0.15, 0.2) is 42.5 Å². The van der Waals surface area contributed by atoms with Gasteiger partial charge in [-0.25, -0.2) is 13.1 Å². The highest BCUT2D eigenvalue weighted by atomic mass is 35.5. The molecule has 0 aliphatic heterocycles. The summed E-state index contributed by atoms with van der Waals surface area (Å²) in [4.78, 5) is 0. The molecule has 2 aromatic rings. The first-order chi connectivity index (χ1) is 10.3. The predicted octanol–water partition coefficient (Wildman–Crippen LogP) is 4.14. The van der Waals surface area contributed by atoms with Crippen LogP contribution in [0.5, 0.6) is 0 Å². The average Bonchev–Trinajstić information content (AvgIpc) is 2.43.